The van der Waals surface area contributed by atoms with Gasteiger partial charge in [0.25, 0.3) is 10.0 Å². The molecule has 0 bridgehead atoms. The Bertz CT molecular complexity index is 912. The second-order valence-corrected chi connectivity index (χ2v) is 10.7. The van der Waals surface area contributed by atoms with Gasteiger partial charge in [0, 0.05) is 36.8 Å². The van der Waals surface area contributed by atoms with Gasteiger partial charge in [0.05, 0.1) is 4.90 Å². The van der Waals surface area contributed by atoms with E-state index in [9.17, 15) is 13.2 Å². The molecule has 0 amide bonds. The van der Waals surface area contributed by atoms with Crippen LogP contribution < -0.4 is 9.62 Å². The molecular formula is C20H27N3O4S2. The molecule has 0 saturated carbocycles. The average molecular weight is 438 g/mol. The molecule has 0 unspecified atom stereocenters. The largest absolute Gasteiger partial charge is 0.460 e. The second-order valence-electron chi connectivity index (χ2n) is 8.16. The summed E-state index contributed by atoms with van der Waals surface area (Å²) >= 11 is 1.23. The summed E-state index contributed by atoms with van der Waals surface area (Å²) in [5, 5.41) is 2.06. The van der Waals surface area contributed by atoms with Crippen molar-refractivity contribution in [3.8, 4) is 0 Å². The third-order valence-corrected chi connectivity index (χ3v) is 6.83. The van der Waals surface area contributed by atoms with Gasteiger partial charge in [0.1, 0.15) is 5.60 Å². The molecule has 7 nitrogen and oxygen atoms in total. The highest BCUT2D eigenvalue weighted by Crippen LogP contribution is 2.27. The van der Waals surface area contributed by atoms with Crippen molar-refractivity contribution < 1.29 is 17.9 Å². The normalized spacial score (nSPS) is 15.9. The number of esters is 1. The third kappa shape index (κ3) is 6.17. The number of nitrogens with zero attached hydrogens (tertiary/aromatic N) is 2. The summed E-state index contributed by atoms with van der Waals surface area (Å²) in [6.45, 7) is 7.30. The maximum Gasteiger partial charge on any atom is 0.306 e. The van der Waals surface area contributed by atoms with E-state index in [2.05, 4.69) is 14.6 Å². The van der Waals surface area contributed by atoms with Gasteiger partial charge in [-0.1, -0.05) is 0 Å². The predicted octanol–water partition coefficient (Wildman–Crippen LogP) is 3.89. The summed E-state index contributed by atoms with van der Waals surface area (Å²) < 4.78 is 32.8. The molecule has 0 radical (unpaired) electrons. The maximum atomic E-state index is 12.4. The van der Waals surface area contributed by atoms with Crippen LogP contribution in [0.3, 0.4) is 0 Å². The number of benzene rings is 1. The van der Waals surface area contributed by atoms with Crippen molar-refractivity contribution >= 4 is 38.1 Å². The first-order chi connectivity index (χ1) is 13.6. The molecule has 2 aromatic rings. The van der Waals surface area contributed by atoms with Gasteiger partial charge in [-0.15, -0.1) is 11.3 Å². The van der Waals surface area contributed by atoms with Crippen LogP contribution in [-0.2, 0) is 19.6 Å². The molecule has 29 heavy (non-hydrogen) atoms. The Hall–Kier alpha value is -2.13. The fourth-order valence-electron chi connectivity index (χ4n) is 3.30. The van der Waals surface area contributed by atoms with E-state index in [0.717, 1.165) is 31.6 Å². The zero-order valence-electron chi connectivity index (χ0n) is 16.9. The first kappa shape index (κ1) is 21.6. The number of piperidine rings is 1. The van der Waals surface area contributed by atoms with Gasteiger partial charge in [-0.2, -0.15) is 0 Å². The second kappa shape index (κ2) is 8.71. The fourth-order valence-corrected chi connectivity index (χ4v) is 5.09. The monoisotopic (exact) mass is 437 g/mol. The highest BCUT2D eigenvalue weighted by atomic mass is 32.2. The van der Waals surface area contributed by atoms with Crippen molar-refractivity contribution in [2.24, 2.45) is 5.92 Å². The number of ether oxygens (including phenoxy) is 1. The fraction of sp³-hybridized carbons (Fsp3) is 0.500. The predicted molar refractivity (Wildman–Crippen MR) is 115 cm³/mol. The van der Waals surface area contributed by atoms with E-state index in [1.807, 2.05) is 32.9 Å². The van der Waals surface area contributed by atoms with Crippen LogP contribution in [0, 0.1) is 5.92 Å². The number of carbonyl (C=O) groups excluding carboxylic acids is 1. The Kier molecular flexibility index (Phi) is 6.48. The number of rotatable bonds is 6. The summed E-state index contributed by atoms with van der Waals surface area (Å²) in [5.41, 5.74) is 0.530. The maximum absolute atomic E-state index is 12.4. The molecule has 0 atom stereocenters. The van der Waals surface area contributed by atoms with Crippen LogP contribution in [0.2, 0.25) is 0 Å². The standard InChI is InChI=1S/C20H27N3O4S2/c1-20(2,3)27-18(24)14-15-8-11-23(12-9-15)16-4-6-17(7-5-16)29(25,26)22-19-21-10-13-28-19/h4-7,10,13,15H,8-9,11-12,14H2,1-3H3,(H,21,22). The molecule has 1 fully saturated rings. The molecule has 3 rings (SSSR count). The molecular weight excluding hydrogens is 410 g/mol. The smallest absolute Gasteiger partial charge is 0.306 e. The summed E-state index contributed by atoms with van der Waals surface area (Å²) in [6.07, 6.45) is 3.82. The van der Waals surface area contributed by atoms with E-state index in [0.29, 0.717) is 17.5 Å². The molecule has 2 heterocycles. The number of hydrogen-bond donors (Lipinski definition) is 1. The van der Waals surface area contributed by atoms with Crippen LogP contribution in [-0.4, -0.2) is 38.1 Å². The minimum Gasteiger partial charge on any atom is -0.460 e. The molecule has 1 aliphatic rings. The molecule has 158 valence electrons. The van der Waals surface area contributed by atoms with E-state index in [1.165, 1.54) is 11.3 Å². The lowest BCUT2D eigenvalue weighted by atomic mass is 9.93. The van der Waals surface area contributed by atoms with Gasteiger partial charge in [-0.25, -0.2) is 13.4 Å². The van der Waals surface area contributed by atoms with Crippen molar-refractivity contribution in [2.45, 2.75) is 50.5 Å². The van der Waals surface area contributed by atoms with E-state index in [4.69, 9.17) is 4.74 Å². The number of anilines is 2. The number of carbonyl (C=O) groups is 1. The molecule has 1 aromatic heterocycles. The quantitative estimate of drug-likeness (QED) is 0.690. The van der Waals surface area contributed by atoms with Gasteiger partial charge < -0.3 is 9.64 Å². The summed E-state index contributed by atoms with van der Waals surface area (Å²) in [5.74, 6) is 0.182. The first-order valence-corrected chi connectivity index (χ1v) is 12.0. The van der Waals surface area contributed by atoms with Gasteiger partial charge in [0.15, 0.2) is 5.13 Å². The SMILES string of the molecule is CC(C)(C)OC(=O)CC1CCN(c2ccc(S(=O)(=O)Nc3nccs3)cc2)CC1. The van der Waals surface area contributed by atoms with Crippen molar-refractivity contribution in [3.63, 3.8) is 0 Å². The third-order valence-electron chi connectivity index (χ3n) is 4.66. The number of sulfonamides is 1. The number of nitrogens with one attached hydrogen (secondary N) is 1. The lowest BCUT2D eigenvalue weighted by molar-refractivity contribution is -0.156. The minimum atomic E-state index is -3.64. The minimum absolute atomic E-state index is 0.141. The van der Waals surface area contributed by atoms with E-state index >= 15 is 0 Å². The average Bonchev–Trinajstić information content (AvgIpc) is 3.13. The number of aromatic nitrogens is 1. The van der Waals surface area contributed by atoms with Crippen LogP contribution in [0.15, 0.2) is 40.7 Å². The first-order valence-electron chi connectivity index (χ1n) is 9.61. The molecule has 0 aliphatic carbocycles. The lowest BCUT2D eigenvalue weighted by Crippen LogP contribution is -2.35. The highest BCUT2D eigenvalue weighted by molar-refractivity contribution is 7.93. The zero-order valence-corrected chi connectivity index (χ0v) is 18.6. The molecule has 0 spiro atoms. The topological polar surface area (TPSA) is 88.6 Å². The Morgan fingerprint density at radius 2 is 1.90 bits per heavy atom. The number of hydrogen-bond acceptors (Lipinski definition) is 7. The van der Waals surface area contributed by atoms with E-state index in [-0.39, 0.29) is 10.9 Å². The molecule has 1 N–H and O–H groups in total. The van der Waals surface area contributed by atoms with Crippen LogP contribution in [0.5, 0.6) is 0 Å². The van der Waals surface area contributed by atoms with E-state index in [1.54, 1.807) is 23.7 Å². The number of thiazole rings is 1. The summed E-state index contributed by atoms with van der Waals surface area (Å²) in [6, 6.07) is 6.87. The molecule has 9 heteroatoms. The van der Waals surface area contributed by atoms with Crippen LogP contribution >= 0.6 is 11.3 Å². The van der Waals surface area contributed by atoms with Crippen LogP contribution in [0.4, 0.5) is 10.8 Å². The van der Waals surface area contributed by atoms with Gasteiger partial charge in [-0.3, -0.25) is 9.52 Å². The molecule has 1 aliphatic heterocycles. The Balaban J connectivity index is 1.54. The van der Waals surface area contributed by atoms with Crippen LogP contribution in [0.1, 0.15) is 40.0 Å². The van der Waals surface area contributed by atoms with E-state index < -0.39 is 15.6 Å². The van der Waals surface area contributed by atoms with Crippen LogP contribution in [0.25, 0.3) is 0 Å². The Labute approximate surface area is 176 Å². The Morgan fingerprint density at radius 1 is 1.24 bits per heavy atom. The van der Waals surface area contributed by atoms with Gasteiger partial charge >= 0.3 is 5.97 Å². The molecule has 1 saturated heterocycles. The van der Waals surface area contributed by atoms with Crippen molar-refractivity contribution in [1.29, 1.82) is 0 Å². The van der Waals surface area contributed by atoms with Crippen molar-refractivity contribution in [1.82, 2.24) is 4.98 Å². The Morgan fingerprint density at radius 3 is 2.45 bits per heavy atom. The van der Waals surface area contributed by atoms with Crippen molar-refractivity contribution in [2.75, 3.05) is 22.7 Å². The lowest BCUT2D eigenvalue weighted by Gasteiger charge is -2.33. The van der Waals surface area contributed by atoms with Gasteiger partial charge in [-0.05, 0) is 63.8 Å². The summed E-state index contributed by atoms with van der Waals surface area (Å²) in [4.78, 5) is 18.4. The highest BCUT2D eigenvalue weighted by Gasteiger charge is 2.25. The summed E-state index contributed by atoms with van der Waals surface area (Å²) in [7, 11) is -3.64. The zero-order chi connectivity index (χ0) is 21.1. The molecule has 1 aromatic carbocycles. The van der Waals surface area contributed by atoms with Crippen molar-refractivity contribution in [3.05, 3.63) is 35.8 Å². The van der Waals surface area contributed by atoms with Gasteiger partial charge in [0.2, 0.25) is 0 Å².